The van der Waals surface area contributed by atoms with Crippen molar-refractivity contribution >= 4 is 29.1 Å². The highest BCUT2D eigenvalue weighted by Gasteiger charge is 2.10. The van der Waals surface area contributed by atoms with Crippen molar-refractivity contribution in [3.63, 3.8) is 0 Å². The van der Waals surface area contributed by atoms with Gasteiger partial charge >= 0.3 is 0 Å². The van der Waals surface area contributed by atoms with E-state index in [-0.39, 0.29) is 16.2 Å². The molecule has 0 fully saturated rings. The third kappa shape index (κ3) is 2.57. The lowest BCUT2D eigenvalue weighted by atomic mass is 10.3. The Labute approximate surface area is 86.1 Å². The summed E-state index contributed by atoms with van der Waals surface area (Å²) >= 11 is 11.2. The van der Waals surface area contributed by atoms with Crippen molar-refractivity contribution in [1.82, 2.24) is 10.3 Å². The lowest BCUT2D eigenvalue weighted by molar-refractivity contribution is 0.0957. The molecule has 0 atom stereocenters. The molecule has 0 aliphatic carbocycles. The molecule has 1 rings (SSSR count). The van der Waals surface area contributed by atoms with E-state index in [1.807, 2.05) is 0 Å². The molecule has 5 heteroatoms. The molecule has 0 saturated heterocycles. The summed E-state index contributed by atoms with van der Waals surface area (Å²) in [5, 5.41) is 2.86. The quantitative estimate of drug-likeness (QED) is 0.770. The van der Waals surface area contributed by atoms with Crippen LogP contribution in [0.2, 0.25) is 10.3 Å². The Hall–Kier alpha value is -0.800. The number of pyridine rings is 1. The summed E-state index contributed by atoms with van der Waals surface area (Å²) in [7, 11) is 0. The first-order chi connectivity index (χ1) is 6.15. The molecule has 1 heterocycles. The van der Waals surface area contributed by atoms with Crippen LogP contribution in [0.1, 0.15) is 10.4 Å². The van der Waals surface area contributed by atoms with E-state index in [0.717, 1.165) is 0 Å². The molecule has 0 spiro atoms. The van der Waals surface area contributed by atoms with Gasteiger partial charge in [0.1, 0.15) is 10.3 Å². The summed E-state index contributed by atoms with van der Waals surface area (Å²) in [6, 6.07) is 3.02. The minimum atomic E-state index is -0.302. The molecule has 3 nitrogen and oxygen atoms in total. The largest absolute Gasteiger partial charge is 0.352 e. The minimum Gasteiger partial charge on any atom is -0.352 e. The molecule has 0 unspecified atom stereocenters. The van der Waals surface area contributed by atoms with Crippen molar-refractivity contribution in [3.05, 3.63) is 34.9 Å². The van der Waals surface area contributed by atoms with Crippen LogP contribution < -0.4 is 5.32 Å². The zero-order valence-corrected chi connectivity index (χ0v) is 8.19. The Bertz CT molecular complexity index is 328. The molecule has 69 valence electrons. The fourth-order valence-electron chi connectivity index (χ4n) is 0.790. The van der Waals surface area contributed by atoms with Crippen molar-refractivity contribution in [3.8, 4) is 0 Å². The van der Waals surface area contributed by atoms with Crippen LogP contribution in [0.3, 0.4) is 0 Å². The molecule has 0 aliphatic rings. The van der Waals surface area contributed by atoms with E-state index >= 15 is 0 Å². The van der Waals surface area contributed by atoms with Crippen LogP contribution in [0.4, 0.5) is 0 Å². The van der Waals surface area contributed by atoms with Crippen molar-refractivity contribution in [2.75, 3.05) is 6.54 Å². The molecular formula is C8H7Cl2N2O. The predicted molar refractivity (Wildman–Crippen MR) is 51.9 cm³/mol. The zero-order valence-electron chi connectivity index (χ0n) is 6.68. The second-order valence-corrected chi connectivity index (χ2v) is 2.97. The third-order valence-electron chi connectivity index (χ3n) is 1.34. The van der Waals surface area contributed by atoms with E-state index in [4.69, 9.17) is 23.2 Å². The number of aromatic nitrogens is 1. The summed E-state index contributed by atoms with van der Waals surface area (Å²) in [6.07, 6.45) is 0. The molecule has 13 heavy (non-hydrogen) atoms. The monoisotopic (exact) mass is 217 g/mol. The van der Waals surface area contributed by atoms with Gasteiger partial charge in [-0.15, -0.1) is 0 Å². The summed E-state index contributed by atoms with van der Waals surface area (Å²) < 4.78 is 0. The molecule has 1 aromatic rings. The fourth-order valence-corrected chi connectivity index (χ4v) is 1.22. The van der Waals surface area contributed by atoms with Gasteiger partial charge in [-0.05, 0) is 19.1 Å². The van der Waals surface area contributed by atoms with Crippen LogP contribution in [-0.2, 0) is 0 Å². The van der Waals surface area contributed by atoms with Gasteiger partial charge in [0.2, 0.25) is 0 Å². The van der Waals surface area contributed by atoms with Crippen molar-refractivity contribution in [2.45, 2.75) is 0 Å². The number of carbonyl (C=O) groups is 1. The third-order valence-corrected chi connectivity index (χ3v) is 1.84. The Morgan fingerprint density at radius 3 is 2.77 bits per heavy atom. The first kappa shape index (κ1) is 10.3. The molecule has 1 radical (unpaired) electrons. The predicted octanol–water partition coefficient (Wildman–Crippen LogP) is 1.95. The molecular weight excluding hydrogens is 211 g/mol. The maximum absolute atomic E-state index is 11.3. The molecule has 0 aromatic carbocycles. The first-order valence-electron chi connectivity index (χ1n) is 3.54. The number of nitrogens with one attached hydrogen (secondary N) is 1. The van der Waals surface area contributed by atoms with Crippen LogP contribution >= 0.6 is 23.2 Å². The Morgan fingerprint density at radius 2 is 2.23 bits per heavy atom. The maximum Gasteiger partial charge on any atom is 0.254 e. The number of hydrogen-bond acceptors (Lipinski definition) is 2. The van der Waals surface area contributed by atoms with Crippen LogP contribution in [0.25, 0.3) is 0 Å². The second kappa shape index (κ2) is 4.44. The molecule has 1 amide bonds. The summed E-state index contributed by atoms with van der Waals surface area (Å²) in [4.78, 5) is 15.0. The van der Waals surface area contributed by atoms with Crippen molar-refractivity contribution < 1.29 is 4.79 Å². The Balaban J connectivity index is 2.95. The van der Waals surface area contributed by atoms with Gasteiger partial charge < -0.3 is 5.32 Å². The Kier molecular flexibility index (Phi) is 3.51. The van der Waals surface area contributed by atoms with Crippen LogP contribution in [0.15, 0.2) is 12.1 Å². The highest BCUT2D eigenvalue weighted by Crippen LogP contribution is 2.16. The summed E-state index contributed by atoms with van der Waals surface area (Å²) in [5.41, 5.74) is 0.301. The molecule has 0 aliphatic heterocycles. The van der Waals surface area contributed by atoms with E-state index in [1.54, 1.807) is 0 Å². The highest BCUT2D eigenvalue weighted by molar-refractivity contribution is 6.34. The van der Waals surface area contributed by atoms with E-state index in [2.05, 4.69) is 17.2 Å². The van der Waals surface area contributed by atoms with Crippen LogP contribution in [-0.4, -0.2) is 17.4 Å². The lowest BCUT2D eigenvalue weighted by Crippen LogP contribution is -2.23. The number of carbonyl (C=O) groups excluding carboxylic acids is 1. The average Bonchev–Trinajstić information content (AvgIpc) is 2.04. The van der Waals surface area contributed by atoms with Crippen molar-refractivity contribution in [1.29, 1.82) is 0 Å². The molecule has 0 bridgehead atoms. The number of hydrogen-bond donors (Lipinski definition) is 1. The van der Waals surface area contributed by atoms with Gasteiger partial charge in [-0.3, -0.25) is 4.79 Å². The van der Waals surface area contributed by atoms with Crippen molar-refractivity contribution in [2.24, 2.45) is 0 Å². The van der Waals surface area contributed by atoms with Gasteiger partial charge in [-0.1, -0.05) is 23.2 Å². The van der Waals surface area contributed by atoms with Crippen LogP contribution in [0.5, 0.6) is 0 Å². The average molecular weight is 218 g/mol. The number of amides is 1. The summed E-state index contributed by atoms with van der Waals surface area (Å²) in [5.74, 6) is -0.302. The number of halogens is 2. The van der Waals surface area contributed by atoms with Crippen LogP contribution in [0, 0.1) is 6.92 Å². The number of rotatable bonds is 2. The van der Waals surface area contributed by atoms with E-state index in [9.17, 15) is 4.79 Å². The van der Waals surface area contributed by atoms with Gasteiger partial charge in [0.25, 0.3) is 5.91 Å². The Morgan fingerprint density at radius 1 is 1.54 bits per heavy atom. The lowest BCUT2D eigenvalue weighted by Gasteiger charge is -2.03. The standard InChI is InChI=1S/C8H7Cl2N2O/c1-2-11-8(13)5-3-4-6(9)12-7(5)10/h3-4H,1-2H2,(H,11,13). The highest BCUT2D eigenvalue weighted by atomic mass is 35.5. The second-order valence-electron chi connectivity index (χ2n) is 2.23. The first-order valence-corrected chi connectivity index (χ1v) is 4.30. The van der Waals surface area contributed by atoms with E-state index in [0.29, 0.717) is 12.1 Å². The molecule has 0 saturated carbocycles. The summed E-state index contributed by atoms with van der Waals surface area (Å²) in [6.45, 7) is 3.78. The SMILES string of the molecule is [CH2]CNC(=O)c1ccc(Cl)nc1Cl. The minimum absolute atomic E-state index is 0.0958. The fraction of sp³-hybridized carbons (Fsp3) is 0.125. The topological polar surface area (TPSA) is 42.0 Å². The smallest absolute Gasteiger partial charge is 0.254 e. The normalized spacial score (nSPS) is 9.77. The van der Waals surface area contributed by atoms with Gasteiger partial charge in [0.05, 0.1) is 5.56 Å². The van der Waals surface area contributed by atoms with Gasteiger partial charge in [-0.2, -0.15) is 0 Å². The number of nitrogens with zero attached hydrogens (tertiary/aromatic N) is 1. The van der Waals surface area contributed by atoms with Gasteiger partial charge in [0.15, 0.2) is 0 Å². The maximum atomic E-state index is 11.3. The molecule has 1 aromatic heterocycles. The zero-order chi connectivity index (χ0) is 9.84. The van der Waals surface area contributed by atoms with Gasteiger partial charge in [-0.25, -0.2) is 4.98 Å². The van der Waals surface area contributed by atoms with E-state index < -0.39 is 0 Å². The van der Waals surface area contributed by atoms with Gasteiger partial charge in [0, 0.05) is 6.54 Å². The molecule has 1 N–H and O–H groups in total. The van der Waals surface area contributed by atoms with E-state index in [1.165, 1.54) is 12.1 Å².